The molecule has 150 valence electrons. The minimum atomic E-state index is -0.646. The molecule has 4 rings (SSSR count). The third-order valence-corrected chi connectivity index (χ3v) is 4.60. The molecule has 1 unspecified atom stereocenters. The minimum absolute atomic E-state index is 0.248. The van der Waals surface area contributed by atoms with E-state index in [-0.39, 0.29) is 5.91 Å². The lowest BCUT2D eigenvalue weighted by molar-refractivity contribution is -0.122. The molecule has 0 bridgehead atoms. The van der Waals surface area contributed by atoms with Crippen molar-refractivity contribution in [1.82, 2.24) is 10.2 Å². The van der Waals surface area contributed by atoms with E-state index in [0.717, 1.165) is 16.7 Å². The van der Waals surface area contributed by atoms with E-state index in [4.69, 9.17) is 9.15 Å². The van der Waals surface area contributed by atoms with Crippen LogP contribution in [0.1, 0.15) is 12.5 Å². The highest BCUT2D eigenvalue weighted by molar-refractivity contribution is 5.94. The zero-order valence-corrected chi connectivity index (χ0v) is 16.7. The molecule has 3 aromatic carbocycles. The van der Waals surface area contributed by atoms with E-state index in [1.807, 2.05) is 73.7 Å². The topological polar surface area (TPSA) is 77.2 Å². The lowest BCUT2D eigenvalue weighted by atomic mass is 10.1. The van der Waals surface area contributed by atoms with E-state index < -0.39 is 6.10 Å². The first-order valence-electron chi connectivity index (χ1n) is 9.62. The fraction of sp³-hybridized carbons (Fsp3) is 0.125. The normalized spacial score (nSPS) is 11.7. The number of carbonyl (C=O) groups excluding carboxylic acids is 1. The fourth-order valence-corrected chi connectivity index (χ4v) is 2.99. The van der Waals surface area contributed by atoms with Crippen molar-refractivity contribution in [2.45, 2.75) is 20.0 Å². The van der Waals surface area contributed by atoms with Crippen molar-refractivity contribution in [3.05, 3.63) is 84.4 Å². The van der Waals surface area contributed by atoms with E-state index in [1.165, 1.54) is 0 Å². The molecule has 0 aliphatic heterocycles. The molecule has 0 radical (unpaired) electrons. The summed E-state index contributed by atoms with van der Waals surface area (Å²) in [4.78, 5) is 12.5. The van der Waals surface area contributed by atoms with Crippen LogP contribution in [0.25, 0.3) is 22.9 Å². The van der Waals surface area contributed by atoms with Gasteiger partial charge in [-0.2, -0.15) is 0 Å². The molecule has 0 spiro atoms. The van der Waals surface area contributed by atoms with Gasteiger partial charge in [-0.1, -0.05) is 42.5 Å². The van der Waals surface area contributed by atoms with Gasteiger partial charge in [0.05, 0.1) is 0 Å². The van der Waals surface area contributed by atoms with Crippen LogP contribution in [0.4, 0.5) is 5.69 Å². The van der Waals surface area contributed by atoms with Gasteiger partial charge in [0.15, 0.2) is 6.10 Å². The first kappa shape index (κ1) is 19.4. The lowest BCUT2D eigenvalue weighted by Crippen LogP contribution is -2.30. The summed E-state index contributed by atoms with van der Waals surface area (Å²) in [6.45, 7) is 3.70. The van der Waals surface area contributed by atoms with Crippen LogP contribution in [0.2, 0.25) is 0 Å². The average molecular weight is 399 g/mol. The van der Waals surface area contributed by atoms with Gasteiger partial charge in [0.25, 0.3) is 5.91 Å². The Hall–Kier alpha value is -3.93. The number of para-hydroxylation sites is 1. The van der Waals surface area contributed by atoms with Gasteiger partial charge in [0.2, 0.25) is 11.8 Å². The van der Waals surface area contributed by atoms with Crippen LogP contribution in [0.3, 0.4) is 0 Å². The zero-order valence-electron chi connectivity index (χ0n) is 16.7. The van der Waals surface area contributed by atoms with Crippen molar-refractivity contribution in [1.29, 1.82) is 0 Å². The highest BCUT2D eigenvalue weighted by Crippen LogP contribution is 2.27. The Morgan fingerprint density at radius 2 is 1.67 bits per heavy atom. The third kappa shape index (κ3) is 4.38. The van der Waals surface area contributed by atoms with E-state index in [2.05, 4.69) is 15.5 Å². The number of nitrogens with zero attached hydrogens (tertiary/aromatic N) is 2. The van der Waals surface area contributed by atoms with Gasteiger partial charge in [-0.25, -0.2) is 0 Å². The molecule has 0 aliphatic carbocycles. The number of hydrogen-bond acceptors (Lipinski definition) is 5. The summed E-state index contributed by atoms with van der Waals surface area (Å²) in [7, 11) is 0. The maximum atomic E-state index is 12.5. The first-order chi connectivity index (χ1) is 14.6. The Labute approximate surface area is 174 Å². The summed E-state index contributed by atoms with van der Waals surface area (Å²) in [6, 6.07) is 24.3. The summed E-state index contributed by atoms with van der Waals surface area (Å²) < 4.78 is 11.5. The van der Waals surface area contributed by atoms with E-state index in [1.54, 1.807) is 19.1 Å². The third-order valence-electron chi connectivity index (χ3n) is 4.60. The standard InChI is InChI=1S/C24H21N3O3/c1-16-9-6-7-14-21(16)24-27-26-23(30-24)18-10-8-11-19(15-18)25-22(28)17(2)29-20-12-4-3-5-13-20/h3-15,17H,1-2H3,(H,25,28). The highest BCUT2D eigenvalue weighted by Gasteiger charge is 2.16. The molecule has 0 saturated heterocycles. The van der Waals surface area contributed by atoms with Gasteiger partial charge in [-0.15, -0.1) is 10.2 Å². The number of ether oxygens (including phenoxy) is 1. The molecule has 1 aromatic heterocycles. The summed E-state index contributed by atoms with van der Waals surface area (Å²) in [5, 5.41) is 11.2. The maximum absolute atomic E-state index is 12.5. The second kappa shape index (κ2) is 8.61. The van der Waals surface area contributed by atoms with Crippen LogP contribution in [0.5, 0.6) is 5.75 Å². The monoisotopic (exact) mass is 399 g/mol. The summed E-state index contributed by atoms with van der Waals surface area (Å²) in [6.07, 6.45) is -0.646. The Bertz CT molecular complexity index is 1160. The van der Waals surface area contributed by atoms with Gasteiger partial charge in [0, 0.05) is 16.8 Å². The summed E-state index contributed by atoms with van der Waals surface area (Å²) in [5.74, 6) is 1.24. The van der Waals surface area contributed by atoms with Crippen molar-refractivity contribution < 1.29 is 13.9 Å². The van der Waals surface area contributed by atoms with Crippen molar-refractivity contribution >= 4 is 11.6 Å². The molecule has 1 heterocycles. The van der Waals surface area contributed by atoms with Gasteiger partial charge < -0.3 is 14.5 Å². The molecule has 0 saturated carbocycles. The lowest BCUT2D eigenvalue weighted by Gasteiger charge is -2.14. The van der Waals surface area contributed by atoms with Crippen molar-refractivity contribution in [2.75, 3.05) is 5.32 Å². The molecule has 6 heteroatoms. The fourth-order valence-electron chi connectivity index (χ4n) is 2.99. The smallest absolute Gasteiger partial charge is 0.265 e. The summed E-state index contributed by atoms with van der Waals surface area (Å²) in [5.41, 5.74) is 3.29. The van der Waals surface area contributed by atoms with Crippen LogP contribution < -0.4 is 10.1 Å². The van der Waals surface area contributed by atoms with Crippen LogP contribution in [-0.2, 0) is 4.79 Å². The zero-order chi connectivity index (χ0) is 20.9. The van der Waals surface area contributed by atoms with Gasteiger partial charge in [-0.05, 0) is 55.8 Å². The number of hydrogen-bond donors (Lipinski definition) is 1. The largest absolute Gasteiger partial charge is 0.481 e. The predicted molar refractivity (Wildman–Crippen MR) is 115 cm³/mol. The van der Waals surface area contributed by atoms with Gasteiger partial charge in [-0.3, -0.25) is 4.79 Å². The van der Waals surface area contributed by atoms with Crippen molar-refractivity contribution in [3.63, 3.8) is 0 Å². The van der Waals surface area contributed by atoms with Crippen molar-refractivity contribution in [2.24, 2.45) is 0 Å². The van der Waals surface area contributed by atoms with E-state index in [9.17, 15) is 4.79 Å². The number of amides is 1. The molecule has 6 nitrogen and oxygen atoms in total. The van der Waals surface area contributed by atoms with E-state index >= 15 is 0 Å². The SMILES string of the molecule is Cc1ccccc1-c1nnc(-c2cccc(NC(=O)C(C)Oc3ccccc3)c2)o1. The van der Waals surface area contributed by atoms with Crippen LogP contribution >= 0.6 is 0 Å². The van der Waals surface area contributed by atoms with Gasteiger partial charge >= 0.3 is 0 Å². The molecule has 0 fully saturated rings. The molecule has 4 aromatic rings. The highest BCUT2D eigenvalue weighted by atomic mass is 16.5. The number of anilines is 1. The molecule has 1 amide bonds. The Balaban J connectivity index is 1.48. The van der Waals surface area contributed by atoms with Crippen LogP contribution in [0.15, 0.2) is 83.3 Å². The molecule has 1 atom stereocenters. The number of rotatable bonds is 6. The Kier molecular flexibility index (Phi) is 5.57. The molecule has 0 aliphatic rings. The molecule has 30 heavy (non-hydrogen) atoms. The second-order valence-electron chi connectivity index (χ2n) is 6.87. The Morgan fingerprint density at radius 3 is 2.47 bits per heavy atom. The van der Waals surface area contributed by atoms with Crippen LogP contribution in [-0.4, -0.2) is 22.2 Å². The van der Waals surface area contributed by atoms with Crippen molar-refractivity contribution in [3.8, 4) is 28.7 Å². The number of benzene rings is 3. The number of nitrogens with one attached hydrogen (secondary N) is 1. The quantitative estimate of drug-likeness (QED) is 0.487. The second-order valence-corrected chi connectivity index (χ2v) is 6.87. The van der Waals surface area contributed by atoms with E-state index in [0.29, 0.717) is 23.2 Å². The summed E-state index contributed by atoms with van der Waals surface area (Å²) >= 11 is 0. The molecule has 1 N–H and O–H groups in total. The minimum Gasteiger partial charge on any atom is -0.481 e. The number of aryl methyl sites for hydroxylation is 1. The average Bonchev–Trinajstić information content (AvgIpc) is 3.25. The Morgan fingerprint density at radius 1 is 0.933 bits per heavy atom. The van der Waals surface area contributed by atoms with Gasteiger partial charge in [0.1, 0.15) is 5.75 Å². The number of aromatic nitrogens is 2. The molecular weight excluding hydrogens is 378 g/mol. The molecular formula is C24H21N3O3. The number of carbonyl (C=O) groups is 1. The maximum Gasteiger partial charge on any atom is 0.265 e. The van der Waals surface area contributed by atoms with Crippen LogP contribution in [0, 0.1) is 6.92 Å². The first-order valence-corrected chi connectivity index (χ1v) is 9.62. The predicted octanol–water partition coefficient (Wildman–Crippen LogP) is 5.12.